The quantitative estimate of drug-likeness (QED) is 0.540. The molecule has 2 N–H and O–H groups in total. The van der Waals surface area contributed by atoms with Gasteiger partial charge in [0.1, 0.15) is 0 Å². The highest BCUT2D eigenvalue weighted by atomic mass is 16.5. The molecule has 96 valence electrons. The number of benzene rings is 1. The number of phenols is 2. The summed E-state index contributed by atoms with van der Waals surface area (Å²) in [6.45, 7) is 3.67. The average molecular weight is 238 g/mol. The average Bonchev–Trinajstić information content (AvgIpc) is 2.32. The lowest BCUT2D eigenvalue weighted by molar-refractivity contribution is 0.133. The van der Waals surface area contributed by atoms with Gasteiger partial charge in [-0.3, -0.25) is 0 Å². The summed E-state index contributed by atoms with van der Waals surface area (Å²) in [5, 5.41) is 18.5. The van der Waals surface area contributed by atoms with Crippen LogP contribution in [0.5, 0.6) is 11.5 Å². The number of hydrogen-bond acceptors (Lipinski definition) is 3. The third kappa shape index (κ3) is 5.59. The zero-order valence-corrected chi connectivity index (χ0v) is 10.5. The Balaban J connectivity index is 2.11. The lowest BCUT2D eigenvalue weighted by Gasteiger charge is -2.05. The third-order valence-corrected chi connectivity index (χ3v) is 2.72. The number of hydrogen-bond donors (Lipinski definition) is 2. The molecular formula is C14H22O3. The lowest BCUT2D eigenvalue weighted by atomic mass is 10.1. The van der Waals surface area contributed by atoms with Crippen LogP contribution < -0.4 is 0 Å². The fourth-order valence-corrected chi connectivity index (χ4v) is 1.65. The van der Waals surface area contributed by atoms with E-state index < -0.39 is 0 Å². The molecular weight excluding hydrogens is 216 g/mol. The van der Waals surface area contributed by atoms with Crippen molar-refractivity contribution < 1.29 is 14.9 Å². The molecule has 0 aliphatic heterocycles. The highest BCUT2D eigenvalue weighted by Crippen LogP contribution is 2.24. The number of unbranched alkanes of at least 4 members (excludes halogenated alkanes) is 3. The SMILES string of the molecule is CCCCCCOCCc1ccc(O)c(O)c1. The topological polar surface area (TPSA) is 49.7 Å². The molecule has 3 nitrogen and oxygen atoms in total. The lowest BCUT2D eigenvalue weighted by Crippen LogP contribution is -2.00. The molecule has 0 fully saturated rings. The molecule has 0 saturated carbocycles. The number of rotatable bonds is 8. The fourth-order valence-electron chi connectivity index (χ4n) is 1.65. The van der Waals surface area contributed by atoms with Crippen LogP contribution in [0.25, 0.3) is 0 Å². The van der Waals surface area contributed by atoms with Gasteiger partial charge in [0, 0.05) is 6.61 Å². The first kappa shape index (κ1) is 13.8. The monoisotopic (exact) mass is 238 g/mol. The second kappa shape index (κ2) is 7.96. The Labute approximate surface area is 103 Å². The van der Waals surface area contributed by atoms with Gasteiger partial charge in [0.15, 0.2) is 11.5 Å². The van der Waals surface area contributed by atoms with E-state index in [4.69, 9.17) is 9.84 Å². The molecule has 0 aliphatic carbocycles. The van der Waals surface area contributed by atoms with Gasteiger partial charge >= 0.3 is 0 Å². The highest BCUT2D eigenvalue weighted by molar-refractivity contribution is 5.40. The molecule has 0 aliphatic rings. The normalized spacial score (nSPS) is 10.6. The van der Waals surface area contributed by atoms with Crippen LogP contribution in [-0.2, 0) is 11.2 Å². The maximum Gasteiger partial charge on any atom is 0.157 e. The summed E-state index contributed by atoms with van der Waals surface area (Å²) in [7, 11) is 0. The van der Waals surface area contributed by atoms with E-state index in [1.807, 2.05) is 0 Å². The van der Waals surface area contributed by atoms with Gasteiger partial charge in [-0.2, -0.15) is 0 Å². The minimum atomic E-state index is -0.0748. The summed E-state index contributed by atoms with van der Waals surface area (Å²) in [4.78, 5) is 0. The van der Waals surface area contributed by atoms with E-state index in [1.165, 1.54) is 25.3 Å². The summed E-state index contributed by atoms with van der Waals surface area (Å²) < 4.78 is 5.51. The van der Waals surface area contributed by atoms with Crippen LogP contribution in [-0.4, -0.2) is 23.4 Å². The van der Waals surface area contributed by atoms with Gasteiger partial charge in [-0.15, -0.1) is 0 Å². The Hall–Kier alpha value is -1.22. The van der Waals surface area contributed by atoms with Crippen molar-refractivity contribution in [3.63, 3.8) is 0 Å². The number of ether oxygens (including phenoxy) is 1. The van der Waals surface area contributed by atoms with E-state index in [2.05, 4.69) is 6.92 Å². The summed E-state index contributed by atoms with van der Waals surface area (Å²) in [6.07, 6.45) is 5.63. The summed E-state index contributed by atoms with van der Waals surface area (Å²) in [5.41, 5.74) is 0.980. The van der Waals surface area contributed by atoms with Gasteiger partial charge in [-0.1, -0.05) is 32.3 Å². The predicted molar refractivity (Wildman–Crippen MR) is 68.4 cm³/mol. The summed E-state index contributed by atoms with van der Waals surface area (Å²) in [5.74, 6) is -0.139. The highest BCUT2D eigenvalue weighted by Gasteiger charge is 2.00. The van der Waals surface area contributed by atoms with Crippen molar-refractivity contribution in [3.05, 3.63) is 23.8 Å². The van der Waals surface area contributed by atoms with E-state index in [1.54, 1.807) is 12.1 Å². The smallest absolute Gasteiger partial charge is 0.157 e. The molecule has 0 amide bonds. The molecule has 0 atom stereocenters. The third-order valence-electron chi connectivity index (χ3n) is 2.72. The standard InChI is InChI=1S/C14H22O3/c1-2-3-4-5-9-17-10-8-12-6-7-13(15)14(16)11-12/h6-7,11,15-16H,2-5,8-10H2,1H3. The second-order valence-corrected chi connectivity index (χ2v) is 4.25. The summed E-state index contributed by atoms with van der Waals surface area (Å²) >= 11 is 0. The van der Waals surface area contributed by atoms with Crippen molar-refractivity contribution in [2.24, 2.45) is 0 Å². The first-order valence-corrected chi connectivity index (χ1v) is 6.32. The minimum Gasteiger partial charge on any atom is -0.504 e. The zero-order valence-electron chi connectivity index (χ0n) is 10.5. The Bertz CT molecular complexity index is 323. The molecule has 1 aromatic rings. The molecule has 0 heterocycles. The van der Waals surface area contributed by atoms with E-state index in [0.717, 1.165) is 25.0 Å². The van der Waals surface area contributed by atoms with Gasteiger partial charge in [-0.25, -0.2) is 0 Å². The van der Waals surface area contributed by atoms with Gasteiger partial charge < -0.3 is 14.9 Å². The van der Waals surface area contributed by atoms with Gasteiger partial charge in [0.05, 0.1) is 6.61 Å². The van der Waals surface area contributed by atoms with Crippen molar-refractivity contribution in [2.75, 3.05) is 13.2 Å². The minimum absolute atomic E-state index is 0.0644. The molecule has 0 bridgehead atoms. The predicted octanol–water partition coefficient (Wildman–Crippen LogP) is 3.24. The first-order valence-electron chi connectivity index (χ1n) is 6.32. The van der Waals surface area contributed by atoms with Gasteiger partial charge in [-0.05, 0) is 30.5 Å². The molecule has 0 radical (unpaired) electrons. The van der Waals surface area contributed by atoms with Crippen molar-refractivity contribution >= 4 is 0 Å². The van der Waals surface area contributed by atoms with Crippen LogP contribution in [0.2, 0.25) is 0 Å². The number of phenolic OH excluding ortho intramolecular Hbond substituents is 2. The van der Waals surface area contributed by atoms with Crippen molar-refractivity contribution in [2.45, 2.75) is 39.0 Å². The van der Waals surface area contributed by atoms with Crippen LogP contribution in [0.1, 0.15) is 38.2 Å². The largest absolute Gasteiger partial charge is 0.504 e. The molecule has 1 rings (SSSR count). The maximum absolute atomic E-state index is 9.31. The Morgan fingerprint density at radius 2 is 1.82 bits per heavy atom. The molecule has 0 saturated heterocycles. The van der Waals surface area contributed by atoms with Crippen LogP contribution in [0.3, 0.4) is 0 Å². The zero-order chi connectivity index (χ0) is 12.5. The van der Waals surface area contributed by atoms with Crippen LogP contribution >= 0.6 is 0 Å². The number of aromatic hydroxyl groups is 2. The van der Waals surface area contributed by atoms with Gasteiger partial charge in [0.25, 0.3) is 0 Å². The van der Waals surface area contributed by atoms with Crippen LogP contribution in [0, 0.1) is 0 Å². The Morgan fingerprint density at radius 3 is 2.53 bits per heavy atom. The molecule has 0 spiro atoms. The molecule has 0 aromatic heterocycles. The van der Waals surface area contributed by atoms with Crippen molar-refractivity contribution in [1.29, 1.82) is 0 Å². The van der Waals surface area contributed by atoms with E-state index in [0.29, 0.717) is 6.61 Å². The fraction of sp³-hybridized carbons (Fsp3) is 0.571. The van der Waals surface area contributed by atoms with Crippen molar-refractivity contribution in [3.8, 4) is 11.5 Å². The molecule has 1 aromatic carbocycles. The Morgan fingerprint density at radius 1 is 1.00 bits per heavy atom. The maximum atomic E-state index is 9.31. The first-order chi connectivity index (χ1) is 8.24. The van der Waals surface area contributed by atoms with Crippen LogP contribution in [0.4, 0.5) is 0 Å². The van der Waals surface area contributed by atoms with Crippen LogP contribution in [0.15, 0.2) is 18.2 Å². The molecule has 3 heteroatoms. The van der Waals surface area contributed by atoms with E-state index in [9.17, 15) is 5.11 Å². The second-order valence-electron chi connectivity index (χ2n) is 4.25. The van der Waals surface area contributed by atoms with E-state index >= 15 is 0 Å². The Kier molecular flexibility index (Phi) is 6.48. The van der Waals surface area contributed by atoms with Gasteiger partial charge in [0.2, 0.25) is 0 Å². The molecule has 0 unspecified atom stereocenters. The van der Waals surface area contributed by atoms with Crippen molar-refractivity contribution in [1.82, 2.24) is 0 Å². The van der Waals surface area contributed by atoms with E-state index in [-0.39, 0.29) is 11.5 Å². The molecule has 17 heavy (non-hydrogen) atoms. The summed E-state index contributed by atoms with van der Waals surface area (Å²) in [6, 6.07) is 4.89.